The summed E-state index contributed by atoms with van der Waals surface area (Å²) in [6, 6.07) is 3.72. The quantitative estimate of drug-likeness (QED) is 0.689. The molecule has 2 aromatic heterocycles. The topological polar surface area (TPSA) is 102 Å². The van der Waals surface area contributed by atoms with Crippen LogP contribution in [0.1, 0.15) is 5.56 Å². The van der Waals surface area contributed by atoms with Crippen LogP contribution in [-0.4, -0.2) is 27.3 Å². The lowest BCUT2D eigenvalue weighted by molar-refractivity contribution is 0.397. The van der Waals surface area contributed by atoms with E-state index in [9.17, 15) is 0 Å². The number of ether oxygens (including phenoxy) is 1. The van der Waals surface area contributed by atoms with Crippen LogP contribution in [0.2, 0.25) is 0 Å². The normalized spacial score (nSPS) is 10.1. The van der Waals surface area contributed by atoms with E-state index in [-0.39, 0.29) is 5.95 Å². The highest BCUT2D eigenvalue weighted by molar-refractivity contribution is 5.32. The molecule has 0 atom stereocenters. The maximum atomic E-state index is 5.39. The number of hydrogen-bond acceptors (Lipinski definition) is 6. The summed E-state index contributed by atoms with van der Waals surface area (Å²) in [6.45, 7) is 0.580. The van der Waals surface area contributed by atoms with Crippen molar-refractivity contribution in [3.05, 3.63) is 23.9 Å². The van der Waals surface area contributed by atoms with Crippen LogP contribution in [0.5, 0.6) is 5.88 Å². The molecule has 0 amide bonds. The Morgan fingerprint density at radius 2 is 2.44 bits per heavy atom. The van der Waals surface area contributed by atoms with Crippen molar-refractivity contribution in [1.82, 2.24) is 20.2 Å². The number of nitrogens with zero attached hydrogens (tertiary/aromatic N) is 3. The number of methoxy groups -OCH3 is 1. The number of H-pyrrole nitrogens is 1. The average Bonchev–Trinajstić information content (AvgIpc) is 2.73. The molecule has 0 spiro atoms. The van der Waals surface area contributed by atoms with Crippen molar-refractivity contribution < 1.29 is 4.74 Å². The fourth-order valence-electron chi connectivity index (χ4n) is 1.21. The molecule has 7 nitrogen and oxygen atoms in total. The van der Waals surface area contributed by atoms with E-state index in [4.69, 9.17) is 10.5 Å². The molecule has 0 aliphatic carbocycles. The van der Waals surface area contributed by atoms with Gasteiger partial charge in [-0.25, -0.2) is 10.1 Å². The van der Waals surface area contributed by atoms with Gasteiger partial charge in [0.2, 0.25) is 17.8 Å². The highest BCUT2D eigenvalue weighted by Gasteiger charge is 2.00. The van der Waals surface area contributed by atoms with E-state index >= 15 is 0 Å². The van der Waals surface area contributed by atoms with Crippen LogP contribution in [0.3, 0.4) is 0 Å². The number of pyridine rings is 1. The van der Waals surface area contributed by atoms with Crippen LogP contribution in [0.15, 0.2) is 18.3 Å². The third kappa shape index (κ3) is 2.38. The van der Waals surface area contributed by atoms with Crippen molar-refractivity contribution >= 4 is 11.9 Å². The van der Waals surface area contributed by atoms with Crippen molar-refractivity contribution in [1.29, 1.82) is 0 Å². The summed E-state index contributed by atoms with van der Waals surface area (Å²) in [4.78, 5) is 7.93. The Bertz CT molecular complexity index is 469. The van der Waals surface area contributed by atoms with Gasteiger partial charge in [-0.1, -0.05) is 0 Å². The van der Waals surface area contributed by atoms with Gasteiger partial charge in [0, 0.05) is 18.8 Å². The van der Waals surface area contributed by atoms with Gasteiger partial charge in [0.05, 0.1) is 7.11 Å². The van der Waals surface area contributed by atoms with Gasteiger partial charge in [0.25, 0.3) is 0 Å². The second kappa shape index (κ2) is 4.47. The van der Waals surface area contributed by atoms with E-state index in [2.05, 4.69) is 25.5 Å². The number of hydrogen-bond donors (Lipinski definition) is 3. The van der Waals surface area contributed by atoms with Crippen LogP contribution >= 0.6 is 0 Å². The minimum Gasteiger partial charge on any atom is -0.481 e. The van der Waals surface area contributed by atoms with Gasteiger partial charge in [0.15, 0.2) is 0 Å². The molecule has 0 aliphatic heterocycles. The van der Waals surface area contributed by atoms with Gasteiger partial charge in [-0.05, 0) is 11.6 Å². The van der Waals surface area contributed by atoms with E-state index in [1.807, 2.05) is 12.1 Å². The first-order valence-corrected chi connectivity index (χ1v) is 4.68. The molecule has 0 fully saturated rings. The van der Waals surface area contributed by atoms with E-state index in [0.29, 0.717) is 18.4 Å². The lowest BCUT2D eigenvalue weighted by atomic mass is 10.2. The molecule has 16 heavy (non-hydrogen) atoms. The summed E-state index contributed by atoms with van der Waals surface area (Å²) in [6.07, 6.45) is 1.68. The number of aromatic amines is 1. The predicted octanol–water partition coefficient (Wildman–Crippen LogP) is 0.403. The summed E-state index contributed by atoms with van der Waals surface area (Å²) in [7, 11) is 1.58. The van der Waals surface area contributed by atoms with Crippen LogP contribution in [-0.2, 0) is 6.54 Å². The van der Waals surface area contributed by atoms with Gasteiger partial charge < -0.3 is 15.8 Å². The Hall–Kier alpha value is -2.31. The minimum atomic E-state index is 0.287. The lowest BCUT2D eigenvalue weighted by Gasteiger charge is -2.03. The number of nitrogens with one attached hydrogen (secondary N) is 2. The fourth-order valence-corrected chi connectivity index (χ4v) is 1.21. The maximum absolute atomic E-state index is 5.39. The molecule has 0 aromatic carbocycles. The van der Waals surface area contributed by atoms with Crippen LogP contribution < -0.4 is 15.8 Å². The first-order chi connectivity index (χ1) is 7.78. The summed E-state index contributed by atoms with van der Waals surface area (Å²) in [5, 5.41) is 9.42. The number of rotatable bonds is 4. The van der Waals surface area contributed by atoms with Crippen LogP contribution in [0, 0.1) is 0 Å². The smallest absolute Gasteiger partial charge is 0.243 e. The van der Waals surface area contributed by atoms with E-state index in [1.54, 1.807) is 13.3 Å². The molecule has 0 saturated heterocycles. The number of aromatic nitrogens is 4. The van der Waals surface area contributed by atoms with Crippen LogP contribution in [0.4, 0.5) is 11.9 Å². The molecule has 2 heterocycles. The first-order valence-electron chi connectivity index (χ1n) is 4.68. The summed E-state index contributed by atoms with van der Waals surface area (Å²) in [5.74, 6) is 1.33. The Morgan fingerprint density at radius 1 is 1.56 bits per heavy atom. The molecule has 0 unspecified atom stereocenters. The molecule has 7 heteroatoms. The standard InChI is InChI=1S/C9H12N6O/c1-16-7-4-6(2-3-11-7)5-12-9-13-8(10)14-15-9/h2-4H,5H2,1H3,(H4,10,12,13,14,15). The maximum Gasteiger partial charge on any atom is 0.243 e. The van der Waals surface area contributed by atoms with Gasteiger partial charge in [-0.15, -0.1) is 5.10 Å². The van der Waals surface area contributed by atoms with Crippen molar-refractivity contribution in [3.8, 4) is 5.88 Å². The number of nitrogens with two attached hydrogens (primary N) is 1. The highest BCUT2D eigenvalue weighted by atomic mass is 16.5. The third-order valence-electron chi connectivity index (χ3n) is 1.96. The van der Waals surface area contributed by atoms with Crippen molar-refractivity contribution in [2.45, 2.75) is 6.54 Å². The van der Waals surface area contributed by atoms with Gasteiger partial charge in [0.1, 0.15) is 0 Å². The second-order valence-corrected chi connectivity index (χ2v) is 3.10. The molecule has 4 N–H and O–H groups in total. The average molecular weight is 220 g/mol. The first kappa shape index (κ1) is 10.2. The Morgan fingerprint density at radius 3 is 3.12 bits per heavy atom. The predicted molar refractivity (Wildman–Crippen MR) is 58.9 cm³/mol. The Labute approximate surface area is 92.1 Å². The highest BCUT2D eigenvalue weighted by Crippen LogP contribution is 2.10. The summed E-state index contributed by atoms with van der Waals surface area (Å²) in [5.41, 5.74) is 6.42. The fraction of sp³-hybridized carbons (Fsp3) is 0.222. The zero-order chi connectivity index (χ0) is 11.4. The van der Waals surface area contributed by atoms with Gasteiger partial charge in [-0.2, -0.15) is 4.98 Å². The van der Waals surface area contributed by atoms with Crippen molar-refractivity contribution in [2.75, 3.05) is 18.2 Å². The molecule has 0 radical (unpaired) electrons. The van der Waals surface area contributed by atoms with Gasteiger partial charge >= 0.3 is 0 Å². The molecule has 0 bridgehead atoms. The lowest BCUT2D eigenvalue weighted by Crippen LogP contribution is -2.01. The zero-order valence-electron chi connectivity index (χ0n) is 8.77. The molecule has 0 aliphatic rings. The van der Waals surface area contributed by atoms with E-state index < -0.39 is 0 Å². The zero-order valence-corrected chi connectivity index (χ0v) is 8.77. The number of nitrogen functional groups attached to an aromatic ring is 1. The summed E-state index contributed by atoms with van der Waals surface area (Å²) >= 11 is 0. The minimum absolute atomic E-state index is 0.287. The molecular weight excluding hydrogens is 208 g/mol. The molecule has 2 aromatic rings. The molecule has 0 saturated carbocycles. The third-order valence-corrected chi connectivity index (χ3v) is 1.96. The Balaban J connectivity index is 1.99. The van der Waals surface area contributed by atoms with Crippen LogP contribution in [0.25, 0.3) is 0 Å². The van der Waals surface area contributed by atoms with Gasteiger partial charge in [-0.3, -0.25) is 0 Å². The summed E-state index contributed by atoms with van der Waals surface area (Å²) < 4.78 is 5.01. The largest absolute Gasteiger partial charge is 0.481 e. The molecule has 84 valence electrons. The van der Waals surface area contributed by atoms with Crippen molar-refractivity contribution in [2.24, 2.45) is 0 Å². The molecule has 2 rings (SSSR count). The van der Waals surface area contributed by atoms with E-state index in [1.165, 1.54) is 0 Å². The number of anilines is 2. The molecular formula is C9H12N6O. The monoisotopic (exact) mass is 220 g/mol. The SMILES string of the molecule is COc1cc(CNc2n[nH]c(N)n2)ccn1. The van der Waals surface area contributed by atoms with Crippen molar-refractivity contribution in [3.63, 3.8) is 0 Å². The Kier molecular flexibility index (Phi) is 2.86. The van der Waals surface area contributed by atoms with E-state index in [0.717, 1.165) is 5.56 Å². The second-order valence-electron chi connectivity index (χ2n) is 3.10.